The van der Waals surface area contributed by atoms with Gasteiger partial charge in [0, 0.05) is 24.9 Å². The highest BCUT2D eigenvalue weighted by atomic mass is 16.2. The van der Waals surface area contributed by atoms with Gasteiger partial charge in [0.05, 0.1) is 22.6 Å². The smallest absolute Gasteiger partial charge is 0.275 e. The lowest BCUT2D eigenvalue weighted by molar-refractivity contribution is -0.133. The number of H-pyrrole nitrogens is 1. The topological polar surface area (TPSA) is 83.9 Å². The van der Waals surface area contributed by atoms with Gasteiger partial charge in [-0.25, -0.2) is 9.67 Å². The molecule has 7 heteroatoms. The normalized spacial score (nSPS) is 16.9. The van der Waals surface area contributed by atoms with Gasteiger partial charge >= 0.3 is 0 Å². The molecule has 1 N–H and O–H groups in total. The van der Waals surface area contributed by atoms with Crippen LogP contribution in [0.5, 0.6) is 0 Å². The lowest BCUT2D eigenvalue weighted by Gasteiger charge is -2.32. The molecule has 1 amide bonds. The molecule has 5 rings (SSSR count). The molecule has 2 aromatic carbocycles. The Morgan fingerprint density at radius 3 is 2.87 bits per heavy atom. The fourth-order valence-corrected chi connectivity index (χ4v) is 4.30. The Kier molecular flexibility index (Phi) is 4.78. The number of amides is 1. The van der Waals surface area contributed by atoms with Gasteiger partial charge in [-0.3, -0.25) is 9.59 Å². The molecule has 1 atom stereocenters. The third-order valence-electron chi connectivity index (χ3n) is 5.84. The minimum atomic E-state index is -0.225. The van der Waals surface area contributed by atoms with Crippen molar-refractivity contribution in [1.82, 2.24) is 24.6 Å². The molecule has 4 aromatic rings. The Balaban J connectivity index is 1.28. The molecule has 30 heavy (non-hydrogen) atoms. The van der Waals surface area contributed by atoms with E-state index in [4.69, 9.17) is 0 Å². The molecule has 0 aliphatic carbocycles. The lowest BCUT2D eigenvalue weighted by atomic mass is 9.94. The fraction of sp³-hybridized carbons (Fsp3) is 0.304. The average molecular weight is 401 g/mol. The molecular formula is C23H23N5O2. The zero-order valence-electron chi connectivity index (χ0n) is 16.6. The second kappa shape index (κ2) is 7.74. The predicted molar refractivity (Wildman–Crippen MR) is 115 cm³/mol. The molecule has 0 saturated carbocycles. The van der Waals surface area contributed by atoms with Crippen LogP contribution in [0.3, 0.4) is 0 Å². The van der Waals surface area contributed by atoms with E-state index in [0.29, 0.717) is 17.8 Å². The summed E-state index contributed by atoms with van der Waals surface area (Å²) in [5, 5.41) is 5.57. The van der Waals surface area contributed by atoms with Gasteiger partial charge in [0.25, 0.3) is 5.56 Å². The molecule has 1 aliphatic heterocycles. The minimum absolute atomic E-state index is 0.0268. The Hall–Kier alpha value is -3.48. The van der Waals surface area contributed by atoms with Crippen molar-refractivity contribution in [3.05, 3.63) is 70.9 Å². The van der Waals surface area contributed by atoms with Gasteiger partial charge in [0.1, 0.15) is 12.4 Å². The number of piperidine rings is 1. The van der Waals surface area contributed by atoms with Crippen LogP contribution >= 0.6 is 0 Å². The number of nitrogens with one attached hydrogen (secondary N) is 1. The number of likely N-dealkylation sites (tertiary alicyclic amines) is 1. The zero-order valence-corrected chi connectivity index (χ0v) is 16.6. The van der Waals surface area contributed by atoms with Gasteiger partial charge in [-0.15, -0.1) is 0 Å². The van der Waals surface area contributed by atoms with Gasteiger partial charge in [0.15, 0.2) is 0 Å². The first kappa shape index (κ1) is 18.5. The van der Waals surface area contributed by atoms with Crippen molar-refractivity contribution in [2.45, 2.75) is 25.8 Å². The molecule has 0 bridgehead atoms. The predicted octanol–water partition coefficient (Wildman–Crippen LogP) is 2.75. The van der Waals surface area contributed by atoms with Gasteiger partial charge < -0.3 is 9.88 Å². The number of fused-ring (bicyclic) bond motifs is 2. The maximum absolute atomic E-state index is 12.9. The monoisotopic (exact) mass is 401 g/mol. The number of carbonyl (C=O) groups excluding carboxylic acids is 1. The third kappa shape index (κ3) is 3.58. The summed E-state index contributed by atoms with van der Waals surface area (Å²) in [7, 11) is 0. The summed E-state index contributed by atoms with van der Waals surface area (Å²) >= 11 is 0. The number of carbonyl (C=O) groups is 1. The number of hydrogen-bond acceptors (Lipinski definition) is 4. The van der Waals surface area contributed by atoms with Crippen molar-refractivity contribution in [3.63, 3.8) is 0 Å². The highest BCUT2D eigenvalue weighted by Gasteiger charge is 2.25. The fourth-order valence-electron chi connectivity index (χ4n) is 4.30. The van der Waals surface area contributed by atoms with E-state index in [2.05, 4.69) is 15.1 Å². The lowest BCUT2D eigenvalue weighted by Crippen LogP contribution is -2.43. The van der Waals surface area contributed by atoms with Crippen LogP contribution in [-0.2, 0) is 17.8 Å². The molecular weight excluding hydrogens is 378 g/mol. The summed E-state index contributed by atoms with van der Waals surface area (Å²) in [6, 6.07) is 15.3. The molecule has 3 heterocycles. The molecule has 0 radical (unpaired) electrons. The SMILES string of the molecule is O=C(Cn1ncc2ccccc2c1=O)N1CCC[C@@H](Cc2nc3ccccc3[nH]2)C1. The number of hydrogen-bond donors (Lipinski definition) is 1. The standard InChI is InChI=1S/C23H23N5O2/c29-22(15-28-23(30)18-8-2-1-7-17(18)13-24-28)27-11-5-6-16(14-27)12-21-25-19-9-3-4-10-20(19)26-21/h1-4,7-10,13,16H,5-6,11-12,14-15H2,(H,25,26)/t16-/m0/s1. The Bertz CT molecular complexity index is 1240. The first-order valence-corrected chi connectivity index (χ1v) is 10.3. The number of benzene rings is 2. The summed E-state index contributed by atoms with van der Waals surface area (Å²) in [6.45, 7) is 1.37. The van der Waals surface area contributed by atoms with Crippen molar-refractivity contribution >= 4 is 27.7 Å². The van der Waals surface area contributed by atoms with Crippen LogP contribution in [0.4, 0.5) is 0 Å². The van der Waals surface area contributed by atoms with Crippen molar-refractivity contribution in [2.75, 3.05) is 13.1 Å². The summed E-state index contributed by atoms with van der Waals surface area (Å²) < 4.78 is 1.27. The number of aromatic amines is 1. The van der Waals surface area contributed by atoms with Gasteiger partial charge in [-0.1, -0.05) is 30.3 Å². The van der Waals surface area contributed by atoms with Crippen molar-refractivity contribution < 1.29 is 4.79 Å². The summed E-state index contributed by atoms with van der Waals surface area (Å²) in [6.07, 6.45) is 4.48. The number of aromatic nitrogens is 4. The van der Waals surface area contributed by atoms with Crippen LogP contribution in [0.2, 0.25) is 0 Å². The van der Waals surface area contributed by atoms with Crippen LogP contribution in [0.1, 0.15) is 18.7 Å². The summed E-state index contributed by atoms with van der Waals surface area (Å²) in [5.74, 6) is 1.25. The molecule has 1 fully saturated rings. The van der Waals surface area contributed by atoms with E-state index >= 15 is 0 Å². The maximum Gasteiger partial charge on any atom is 0.275 e. The van der Waals surface area contributed by atoms with E-state index in [0.717, 1.165) is 48.1 Å². The van der Waals surface area contributed by atoms with Crippen LogP contribution in [-0.4, -0.2) is 43.6 Å². The second-order valence-electron chi connectivity index (χ2n) is 7.95. The van der Waals surface area contributed by atoms with Crippen LogP contribution < -0.4 is 5.56 Å². The summed E-state index contributed by atoms with van der Waals surface area (Å²) in [4.78, 5) is 35.5. The van der Waals surface area contributed by atoms with E-state index in [9.17, 15) is 9.59 Å². The largest absolute Gasteiger partial charge is 0.342 e. The first-order chi connectivity index (χ1) is 14.7. The Morgan fingerprint density at radius 2 is 1.97 bits per heavy atom. The number of rotatable bonds is 4. The van der Waals surface area contributed by atoms with Crippen molar-refractivity contribution in [3.8, 4) is 0 Å². The van der Waals surface area contributed by atoms with Crippen molar-refractivity contribution in [1.29, 1.82) is 0 Å². The highest BCUT2D eigenvalue weighted by molar-refractivity contribution is 5.81. The van der Waals surface area contributed by atoms with E-state index < -0.39 is 0 Å². The summed E-state index contributed by atoms with van der Waals surface area (Å²) in [5.41, 5.74) is 1.79. The maximum atomic E-state index is 12.9. The highest BCUT2D eigenvalue weighted by Crippen LogP contribution is 2.21. The van der Waals surface area contributed by atoms with Crippen LogP contribution in [0, 0.1) is 5.92 Å². The first-order valence-electron chi connectivity index (χ1n) is 10.3. The Morgan fingerprint density at radius 1 is 1.13 bits per heavy atom. The molecule has 0 spiro atoms. The molecule has 1 saturated heterocycles. The van der Waals surface area contributed by atoms with Crippen LogP contribution in [0.25, 0.3) is 21.8 Å². The van der Waals surface area contributed by atoms with E-state index in [1.807, 2.05) is 47.4 Å². The van der Waals surface area contributed by atoms with Gasteiger partial charge in [-0.2, -0.15) is 5.10 Å². The van der Waals surface area contributed by atoms with Gasteiger partial charge in [-0.05, 0) is 37.0 Å². The number of imidazole rings is 1. The zero-order chi connectivity index (χ0) is 20.5. The minimum Gasteiger partial charge on any atom is -0.342 e. The van der Waals surface area contributed by atoms with E-state index in [-0.39, 0.29) is 18.0 Å². The second-order valence-corrected chi connectivity index (χ2v) is 7.95. The van der Waals surface area contributed by atoms with E-state index in [1.165, 1.54) is 4.68 Å². The van der Waals surface area contributed by atoms with E-state index in [1.54, 1.807) is 12.3 Å². The molecule has 0 unspecified atom stereocenters. The molecule has 2 aromatic heterocycles. The Labute approximate surface area is 173 Å². The molecule has 1 aliphatic rings. The molecule has 152 valence electrons. The van der Waals surface area contributed by atoms with Crippen molar-refractivity contribution in [2.24, 2.45) is 5.92 Å². The molecule has 7 nitrogen and oxygen atoms in total. The third-order valence-corrected chi connectivity index (χ3v) is 5.84. The number of para-hydroxylation sites is 2. The quantitative estimate of drug-likeness (QED) is 0.570. The average Bonchev–Trinajstić information content (AvgIpc) is 3.18. The van der Waals surface area contributed by atoms with Crippen LogP contribution in [0.15, 0.2) is 59.5 Å². The number of nitrogens with zero attached hydrogens (tertiary/aromatic N) is 4. The van der Waals surface area contributed by atoms with Gasteiger partial charge in [0.2, 0.25) is 5.91 Å².